The quantitative estimate of drug-likeness (QED) is 0.437. The molecule has 4 rings (SSSR count). The van der Waals surface area contributed by atoms with Crippen LogP contribution >= 0.6 is 11.6 Å². The van der Waals surface area contributed by atoms with Crippen molar-refractivity contribution >= 4 is 35.0 Å². The molecule has 1 aliphatic heterocycles. The van der Waals surface area contributed by atoms with Gasteiger partial charge in [0.2, 0.25) is 5.95 Å². The van der Waals surface area contributed by atoms with Crippen molar-refractivity contribution in [3.8, 4) is 5.75 Å². The van der Waals surface area contributed by atoms with E-state index in [9.17, 15) is 18.0 Å². The van der Waals surface area contributed by atoms with Gasteiger partial charge in [0.05, 0.1) is 12.8 Å². The zero-order valence-corrected chi connectivity index (χ0v) is 20.0. The van der Waals surface area contributed by atoms with Gasteiger partial charge in [-0.1, -0.05) is 41.9 Å². The van der Waals surface area contributed by atoms with Crippen LogP contribution in [0, 0.1) is 0 Å². The third kappa shape index (κ3) is 6.09. The molecule has 190 valence electrons. The normalized spacial score (nSPS) is 13.9. The minimum absolute atomic E-state index is 0.0957. The molecule has 12 heteroatoms. The van der Waals surface area contributed by atoms with Crippen molar-refractivity contribution in [2.24, 2.45) is 0 Å². The second kappa shape index (κ2) is 10.9. The number of nitrogens with one attached hydrogen (secondary N) is 1. The Bertz CT molecular complexity index is 1210. The molecule has 0 atom stereocenters. The molecule has 2 aromatic carbocycles. The molecule has 1 fully saturated rings. The summed E-state index contributed by atoms with van der Waals surface area (Å²) in [4.78, 5) is 23.6. The van der Waals surface area contributed by atoms with Gasteiger partial charge < -0.3 is 24.6 Å². The summed E-state index contributed by atoms with van der Waals surface area (Å²) in [5.41, 5.74) is 1.13. The molecule has 0 unspecified atom stereocenters. The number of alkyl halides is 3. The first-order valence-corrected chi connectivity index (χ1v) is 11.4. The number of halogens is 4. The monoisotopic (exact) mass is 521 g/mol. The summed E-state index contributed by atoms with van der Waals surface area (Å²) >= 11 is 5.68. The second-order valence-electron chi connectivity index (χ2n) is 7.92. The summed E-state index contributed by atoms with van der Waals surface area (Å²) in [6, 6.07) is 14.8. The van der Waals surface area contributed by atoms with Crippen molar-refractivity contribution in [1.29, 1.82) is 0 Å². The van der Waals surface area contributed by atoms with Crippen LogP contribution in [0.4, 0.5) is 35.3 Å². The first-order valence-electron chi connectivity index (χ1n) is 11.0. The molecule has 36 heavy (non-hydrogen) atoms. The van der Waals surface area contributed by atoms with E-state index in [-0.39, 0.29) is 18.6 Å². The van der Waals surface area contributed by atoms with Gasteiger partial charge in [0.1, 0.15) is 23.1 Å². The average Bonchev–Trinajstić information content (AvgIpc) is 2.87. The van der Waals surface area contributed by atoms with E-state index in [4.69, 9.17) is 21.1 Å². The standard InChI is InChI=1S/C24H23ClF3N5O3/c1-35-20-13-17(7-8-19(20)30-22-29-14-18(21(25)31-22)24(26,27)28)32-9-11-33(12-10-32)23(34)36-15-16-5-3-2-4-6-16/h2-8,13-14H,9-12,15H2,1H3,(H,29,30,31). The number of piperazine rings is 1. The molecule has 1 amide bonds. The predicted molar refractivity (Wildman–Crippen MR) is 129 cm³/mol. The van der Waals surface area contributed by atoms with E-state index >= 15 is 0 Å². The maximum Gasteiger partial charge on any atom is 0.420 e. The van der Waals surface area contributed by atoms with Crippen molar-refractivity contribution < 1.29 is 27.4 Å². The van der Waals surface area contributed by atoms with Crippen LogP contribution in [-0.4, -0.2) is 54.2 Å². The second-order valence-corrected chi connectivity index (χ2v) is 8.28. The zero-order chi connectivity index (χ0) is 25.7. The minimum atomic E-state index is -4.64. The SMILES string of the molecule is COc1cc(N2CCN(C(=O)OCc3ccccc3)CC2)ccc1Nc1ncc(C(F)(F)F)c(Cl)n1. The topological polar surface area (TPSA) is 79.8 Å². The van der Waals surface area contributed by atoms with Crippen LogP contribution in [0.25, 0.3) is 0 Å². The number of hydrogen-bond acceptors (Lipinski definition) is 7. The number of methoxy groups -OCH3 is 1. The molecular weight excluding hydrogens is 499 g/mol. The number of hydrogen-bond donors (Lipinski definition) is 1. The Morgan fingerprint density at radius 1 is 1.11 bits per heavy atom. The third-order valence-corrected chi connectivity index (χ3v) is 5.88. The summed E-state index contributed by atoms with van der Waals surface area (Å²) in [7, 11) is 1.48. The minimum Gasteiger partial charge on any atom is -0.494 e. The predicted octanol–water partition coefficient (Wildman–Crippen LogP) is 5.36. The number of amides is 1. The summed E-state index contributed by atoms with van der Waals surface area (Å²) in [6.45, 7) is 2.39. The molecule has 8 nitrogen and oxygen atoms in total. The summed E-state index contributed by atoms with van der Waals surface area (Å²) in [5.74, 6) is 0.346. The summed E-state index contributed by atoms with van der Waals surface area (Å²) in [6.07, 6.45) is -4.37. The van der Waals surface area contributed by atoms with Gasteiger partial charge in [0.25, 0.3) is 0 Å². The first-order chi connectivity index (χ1) is 17.2. The van der Waals surface area contributed by atoms with Crippen molar-refractivity contribution in [3.63, 3.8) is 0 Å². The lowest BCUT2D eigenvalue weighted by atomic mass is 10.2. The molecule has 1 aromatic heterocycles. The zero-order valence-electron chi connectivity index (χ0n) is 19.3. The van der Waals surface area contributed by atoms with Crippen LogP contribution in [0.3, 0.4) is 0 Å². The number of carbonyl (C=O) groups is 1. The van der Waals surface area contributed by atoms with Crippen molar-refractivity contribution in [2.75, 3.05) is 43.5 Å². The molecule has 0 bridgehead atoms. The summed E-state index contributed by atoms with van der Waals surface area (Å²) in [5, 5.41) is 2.14. The lowest BCUT2D eigenvalue weighted by Gasteiger charge is -2.35. The Balaban J connectivity index is 1.36. The van der Waals surface area contributed by atoms with E-state index < -0.39 is 16.9 Å². The molecule has 2 heterocycles. The Labute approximate surface area is 210 Å². The van der Waals surface area contributed by atoms with Crippen molar-refractivity contribution in [3.05, 3.63) is 71.0 Å². The van der Waals surface area contributed by atoms with E-state index in [1.807, 2.05) is 36.4 Å². The molecular formula is C24H23ClF3N5O3. The van der Waals surface area contributed by atoms with Gasteiger partial charge in [-0.15, -0.1) is 0 Å². The number of aromatic nitrogens is 2. The molecule has 0 spiro atoms. The fraction of sp³-hybridized carbons (Fsp3) is 0.292. The third-order valence-electron chi connectivity index (χ3n) is 5.59. The number of carbonyl (C=O) groups excluding carboxylic acids is 1. The van der Waals surface area contributed by atoms with E-state index in [1.165, 1.54) is 7.11 Å². The largest absolute Gasteiger partial charge is 0.494 e. The van der Waals surface area contributed by atoms with Gasteiger partial charge in [-0.05, 0) is 17.7 Å². The number of benzene rings is 2. The highest BCUT2D eigenvalue weighted by molar-refractivity contribution is 6.30. The lowest BCUT2D eigenvalue weighted by Crippen LogP contribution is -2.48. The van der Waals surface area contributed by atoms with Crippen LogP contribution < -0.4 is 15.0 Å². The Morgan fingerprint density at radius 3 is 2.47 bits per heavy atom. The van der Waals surface area contributed by atoms with Gasteiger partial charge in [0.15, 0.2) is 0 Å². The van der Waals surface area contributed by atoms with E-state index in [2.05, 4.69) is 20.2 Å². The maximum absolute atomic E-state index is 12.9. The smallest absolute Gasteiger partial charge is 0.420 e. The van der Waals surface area contributed by atoms with E-state index in [1.54, 1.807) is 17.0 Å². The number of anilines is 3. The molecule has 1 saturated heterocycles. The Hall–Kier alpha value is -3.73. The van der Waals surface area contributed by atoms with Crippen molar-refractivity contribution in [1.82, 2.24) is 14.9 Å². The van der Waals surface area contributed by atoms with Gasteiger partial charge in [-0.25, -0.2) is 14.8 Å². The van der Waals surface area contributed by atoms with Gasteiger partial charge in [-0.3, -0.25) is 0 Å². The highest BCUT2D eigenvalue weighted by Crippen LogP contribution is 2.35. The number of nitrogens with zero attached hydrogens (tertiary/aromatic N) is 4. The highest BCUT2D eigenvalue weighted by Gasteiger charge is 2.34. The van der Waals surface area contributed by atoms with E-state index in [0.717, 1.165) is 11.3 Å². The molecule has 1 aliphatic rings. The average molecular weight is 522 g/mol. The fourth-order valence-electron chi connectivity index (χ4n) is 3.67. The van der Waals surface area contributed by atoms with E-state index in [0.29, 0.717) is 43.8 Å². The fourth-order valence-corrected chi connectivity index (χ4v) is 3.91. The van der Waals surface area contributed by atoms with Gasteiger partial charge in [-0.2, -0.15) is 13.2 Å². The molecule has 0 radical (unpaired) electrons. The highest BCUT2D eigenvalue weighted by atomic mass is 35.5. The van der Waals surface area contributed by atoms with Crippen LogP contribution in [0.5, 0.6) is 5.75 Å². The number of rotatable bonds is 6. The Kier molecular flexibility index (Phi) is 7.68. The van der Waals surface area contributed by atoms with Crippen molar-refractivity contribution in [2.45, 2.75) is 12.8 Å². The van der Waals surface area contributed by atoms with Gasteiger partial charge in [0, 0.05) is 44.1 Å². The Morgan fingerprint density at radius 2 is 1.83 bits per heavy atom. The lowest BCUT2D eigenvalue weighted by molar-refractivity contribution is -0.137. The molecule has 0 aliphatic carbocycles. The molecule has 0 saturated carbocycles. The van der Waals surface area contributed by atoms with Crippen LogP contribution in [0.2, 0.25) is 5.15 Å². The first kappa shape index (κ1) is 25.4. The van der Waals surface area contributed by atoms with Crippen LogP contribution in [0.1, 0.15) is 11.1 Å². The molecule has 1 N–H and O–H groups in total. The summed E-state index contributed by atoms with van der Waals surface area (Å²) < 4.78 is 49.5. The van der Waals surface area contributed by atoms with Crippen LogP contribution in [-0.2, 0) is 17.5 Å². The number of ether oxygens (including phenoxy) is 2. The van der Waals surface area contributed by atoms with Crippen LogP contribution in [0.15, 0.2) is 54.7 Å². The molecule has 3 aromatic rings. The maximum atomic E-state index is 12.9. The van der Waals surface area contributed by atoms with Gasteiger partial charge >= 0.3 is 12.3 Å².